The van der Waals surface area contributed by atoms with Crippen LogP contribution in [0.25, 0.3) is 0 Å². The maximum Gasteiger partial charge on any atom is 0.252 e. The number of carbonyl (C=O) groups excluding carboxylic acids is 1. The van der Waals surface area contributed by atoms with Gasteiger partial charge in [-0.05, 0) is 44.4 Å². The van der Waals surface area contributed by atoms with Crippen LogP contribution in [0.1, 0.15) is 55.5 Å². The summed E-state index contributed by atoms with van der Waals surface area (Å²) in [5.41, 5.74) is 2.01. The van der Waals surface area contributed by atoms with Crippen molar-refractivity contribution >= 4 is 11.7 Å². The normalized spacial score (nSPS) is 23.7. The standard InChI is InChI=1S/C24H31N3O2/c1-18-15-27(16-19(2)29-18)22-11-10-20(14-25-22)23(28)26-17-24(12-6-7-13-24)21-8-4-3-5-9-21/h3-5,8-11,14,18-19H,6-7,12-13,15-17H2,1-2H3,(H,26,28). The lowest BCUT2D eigenvalue weighted by atomic mass is 9.79. The molecule has 2 aliphatic rings. The highest BCUT2D eigenvalue weighted by atomic mass is 16.5. The molecule has 1 amide bonds. The van der Waals surface area contributed by atoms with Gasteiger partial charge in [-0.25, -0.2) is 4.98 Å². The first-order chi connectivity index (χ1) is 14.1. The molecule has 5 nitrogen and oxygen atoms in total. The van der Waals surface area contributed by atoms with Crippen LogP contribution in [-0.2, 0) is 10.2 Å². The number of carbonyl (C=O) groups is 1. The summed E-state index contributed by atoms with van der Waals surface area (Å²) in [5.74, 6) is 0.857. The summed E-state index contributed by atoms with van der Waals surface area (Å²) in [6.45, 7) is 6.48. The van der Waals surface area contributed by atoms with E-state index in [9.17, 15) is 4.79 Å². The van der Waals surface area contributed by atoms with Crippen molar-refractivity contribution in [3.63, 3.8) is 0 Å². The quantitative estimate of drug-likeness (QED) is 0.836. The number of nitrogens with one attached hydrogen (secondary N) is 1. The molecule has 29 heavy (non-hydrogen) atoms. The van der Waals surface area contributed by atoms with Gasteiger partial charge in [0.2, 0.25) is 0 Å². The zero-order valence-electron chi connectivity index (χ0n) is 17.4. The minimum atomic E-state index is -0.0463. The van der Waals surface area contributed by atoms with Crippen LogP contribution in [0.4, 0.5) is 5.82 Å². The molecule has 1 N–H and O–H groups in total. The van der Waals surface area contributed by atoms with Gasteiger partial charge in [-0.1, -0.05) is 43.2 Å². The first-order valence-corrected chi connectivity index (χ1v) is 10.8. The summed E-state index contributed by atoms with van der Waals surface area (Å²) in [7, 11) is 0. The number of aromatic nitrogens is 1. The summed E-state index contributed by atoms with van der Waals surface area (Å²) in [6, 6.07) is 14.4. The maximum atomic E-state index is 12.8. The summed E-state index contributed by atoms with van der Waals surface area (Å²) in [5, 5.41) is 3.18. The maximum absolute atomic E-state index is 12.8. The summed E-state index contributed by atoms with van der Waals surface area (Å²) in [4.78, 5) is 19.6. The predicted octanol–water partition coefficient (Wildman–Crippen LogP) is 3.94. The van der Waals surface area contributed by atoms with Crippen molar-refractivity contribution < 1.29 is 9.53 Å². The van der Waals surface area contributed by atoms with Crippen LogP contribution >= 0.6 is 0 Å². The second kappa shape index (κ2) is 8.54. The molecule has 154 valence electrons. The fourth-order valence-corrected chi connectivity index (χ4v) is 4.83. The van der Waals surface area contributed by atoms with Crippen molar-refractivity contribution in [3.8, 4) is 0 Å². The molecular weight excluding hydrogens is 362 g/mol. The van der Waals surface area contributed by atoms with Crippen molar-refractivity contribution in [2.24, 2.45) is 0 Å². The van der Waals surface area contributed by atoms with Crippen molar-refractivity contribution in [1.29, 1.82) is 0 Å². The molecule has 1 aromatic carbocycles. The number of amides is 1. The highest BCUT2D eigenvalue weighted by molar-refractivity contribution is 5.94. The molecule has 1 saturated carbocycles. The van der Waals surface area contributed by atoms with E-state index in [1.807, 2.05) is 18.2 Å². The van der Waals surface area contributed by atoms with Gasteiger partial charge >= 0.3 is 0 Å². The third kappa shape index (κ3) is 4.45. The number of benzene rings is 1. The number of hydrogen-bond donors (Lipinski definition) is 1. The number of pyridine rings is 1. The van der Waals surface area contributed by atoms with Crippen LogP contribution in [0, 0.1) is 0 Å². The zero-order valence-corrected chi connectivity index (χ0v) is 17.4. The molecule has 0 radical (unpaired) electrons. The van der Waals surface area contributed by atoms with Crippen molar-refractivity contribution in [1.82, 2.24) is 10.3 Å². The molecule has 2 fully saturated rings. The lowest BCUT2D eigenvalue weighted by molar-refractivity contribution is -0.00546. The smallest absolute Gasteiger partial charge is 0.252 e. The molecule has 4 rings (SSSR count). The van der Waals surface area contributed by atoms with E-state index in [0.29, 0.717) is 12.1 Å². The Morgan fingerprint density at radius 3 is 2.41 bits per heavy atom. The Morgan fingerprint density at radius 2 is 1.79 bits per heavy atom. The largest absolute Gasteiger partial charge is 0.372 e. The molecule has 0 bridgehead atoms. The Labute approximate surface area is 173 Å². The van der Waals surface area contributed by atoms with Gasteiger partial charge in [0, 0.05) is 31.2 Å². The number of nitrogens with zero attached hydrogens (tertiary/aromatic N) is 2. The van der Waals surface area contributed by atoms with E-state index in [-0.39, 0.29) is 23.5 Å². The van der Waals surface area contributed by atoms with E-state index in [0.717, 1.165) is 31.7 Å². The van der Waals surface area contributed by atoms with E-state index >= 15 is 0 Å². The van der Waals surface area contributed by atoms with Crippen LogP contribution in [-0.4, -0.2) is 42.7 Å². The first-order valence-electron chi connectivity index (χ1n) is 10.8. The molecule has 1 saturated heterocycles. The predicted molar refractivity (Wildman–Crippen MR) is 115 cm³/mol. The molecule has 5 heteroatoms. The van der Waals surface area contributed by atoms with Crippen LogP contribution in [0.5, 0.6) is 0 Å². The molecular formula is C24H31N3O2. The second-order valence-electron chi connectivity index (χ2n) is 8.60. The topological polar surface area (TPSA) is 54.5 Å². The molecule has 1 aromatic heterocycles. The molecule has 0 spiro atoms. The van der Waals surface area contributed by atoms with Gasteiger partial charge in [0.05, 0.1) is 17.8 Å². The number of anilines is 1. The molecule has 2 unspecified atom stereocenters. The zero-order chi connectivity index (χ0) is 20.3. The number of rotatable bonds is 5. The molecule has 1 aliphatic heterocycles. The fraction of sp³-hybridized carbons (Fsp3) is 0.500. The highest BCUT2D eigenvalue weighted by Crippen LogP contribution is 2.40. The van der Waals surface area contributed by atoms with Gasteiger partial charge in [0.15, 0.2) is 0 Å². The molecule has 2 aromatic rings. The van der Waals surface area contributed by atoms with Gasteiger partial charge in [0.25, 0.3) is 5.91 Å². The highest BCUT2D eigenvalue weighted by Gasteiger charge is 2.35. The minimum Gasteiger partial charge on any atom is -0.372 e. The third-order valence-electron chi connectivity index (χ3n) is 6.29. The van der Waals surface area contributed by atoms with Crippen LogP contribution in [0.15, 0.2) is 48.7 Å². The summed E-state index contributed by atoms with van der Waals surface area (Å²) in [6.07, 6.45) is 6.76. The summed E-state index contributed by atoms with van der Waals surface area (Å²) >= 11 is 0. The van der Waals surface area contributed by atoms with E-state index in [2.05, 4.69) is 53.3 Å². The fourth-order valence-electron chi connectivity index (χ4n) is 4.83. The Balaban J connectivity index is 1.41. The lowest BCUT2D eigenvalue weighted by Crippen LogP contribution is -2.45. The monoisotopic (exact) mass is 393 g/mol. The van der Waals surface area contributed by atoms with E-state index in [1.54, 1.807) is 6.20 Å². The van der Waals surface area contributed by atoms with Crippen molar-refractivity contribution in [2.75, 3.05) is 24.5 Å². The third-order valence-corrected chi connectivity index (χ3v) is 6.29. The Hall–Kier alpha value is -2.40. The van der Waals surface area contributed by atoms with E-state index in [4.69, 9.17) is 4.74 Å². The number of ether oxygens (including phenoxy) is 1. The van der Waals surface area contributed by atoms with E-state index < -0.39 is 0 Å². The van der Waals surface area contributed by atoms with Gasteiger partial charge < -0.3 is 15.0 Å². The molecule has 1 aliphatic carbocycles. The van der Waals surface area contributed by atoms with Gasteiger partial charge in [-0.2, -0.15) is 0 Å². The molecule has 2 atom stereocenters. The van der Waals surface area contributed by atoms with Gasteiger partial charge in [-0.15, -0.1) is 0 Å². The SMILES string of the molecule is CC1CN(c2ccc(C(=O)NCC3(c4ccccc4)CCCC3)cn2)CC(C)O1. The van der Waals surface area contributed by atoms with Crippen LogP contribution in [0.2, 0.25) is 0 Å². The summed E-state index contributed by atoms with van der Waals surface area (Å²) < 4.78 is 5.79. The number of hydrogen-bond acceptors (Lipinski definition) is 4. The minimum absolute atomic E-state index is 0.0463. The molecule has 2 heterocycles. The Bertz CT molecular complexity index is 806. The van der Waals surface area contributed by atoms with Gasteiger partial charge in [0.1, 0.15) is 5.82 Å². The Kier molecular flexibility index (Phi) is 5.86. The van der Waals surface area contributed by atoms with E-state index in [1.165, 1.54) is 18.4 Å². The average Bonchev–Trinajstić information content (AvgIpc) is 3.22. The number of morpholine rings is 1. The van der Waals surface area contributed by atoms with Crippen molar-refractivity contribution in [2.45, 2.75) is 57.2 Å². The second-order valence-corrected chi connectivity index (χ2v) is 8.60. The average molecular weight is 394 g/mol. The van der Waals surface area contributed by atoms with Crippen LogP contribution < -0.4 is 10.2 Å². The van der Waals surface area contributed by atoms with Crippen LogP contribution in [0.3, 0.4) is 0 Å². The van der Waals surface area contributed by atoms with Gasteiger partial charge in [-0.3, -0.25) is 4.79 Å². The lowest BCUT2D eigenvalue weighted by Gasteiger charge is -2.36. The van der Waals surface area contributed by atoms with Crippen molar-refractivity contribution in [3.05, 3.63) is 59.8 Å². The Morgan fingerprint density at radius 1 is 1.10 bits per heavy atom. The first kappa shape index (κ1) is 19.9.